The first kappa shape index (κ1) is 12.3. The quantitative estimate of drug-likeness (QED) is 0.914. The Hall–Kier alpha value is -1.13. The summed E-state index contributed by atoms with van der Waals surface area (Å²) in [5.74, 6) is 0.849. The SMILES string of the molecule is Cc1ccc(C)c(-c2nc(Br)c(CCO)[nH]2)c1. The van der Waals surface area contributed by atoms with E-state index in [1.807, 2.05) is 0 Å². The molecule has 1 aromatic carbocycles. The number of nitrogens with one attached hydrogen (secondary N) is 1. The van der Waals surface area contributed by atoms with Gasteiger partial charge in [0.15, 0.2) is 0 Å². The maximum absolute atomic E-state index is 8.95. The zero-order valence-corrected chi connectivity index (χ0v) is 11.5. The number of H-pyrrole nitrogens is 1. The number of rotatable bonds is 3. The highest BCUT2D eigenvalue weighted by Crippen LogP contribution is 2.25. The number of halogens is 1. The lowest BCUT2D eigenvalue weighted by Gasteiger charge is -2.03. The van der Waals surface area contributed by atoms with Gasteiger partial charge in [0, 0.05) is 18.6 Å². The van der Waals surface area contributed by atoms with Crippen LogP contribution >= 0.6 is 15.9 Å². The first-order valence-electron chi connectivity index (χ1n) is 5.54. The Bertz CT molecular complexity index is 534. The zero-order chi connectivity index (χ0) is 12.4. The molecule has 17 heavy (non-hydrogen) atoms. The van der Waals surface area contributed by atoms with Crippen LogP contribution < -0.4 is 0 Å². The third-order valence-electron chi connectivity index (χ3n) is 2.74. The van der Waals surface area contributed by atoms with Crippen molar-refractivity contribution in [3.8, 4) is 11.4 Å². The number of aliphatic hydroxyl groups is 1. The highest BCUT2D eigenvalue weighted by atomic mass is 79.9. The molecule has 0 saturated heterocycles. The monoisotopic (exact) mass is 294 g/mol. The highest BCUT2D eigenvalue weighted by molar-refractivity contribution is 9.10. The molecular weight excluding hydrogens is 280 g/mol. The van der Waals surface area contributed by atoms with Crippen LogP contribution in [-0.2, 0) is 6.42 Å². The number of nitrogens with zero attached hydrogens (tertiary/aromatic N) is 1. The van der Waals surface area contributed by atoms with Gasteiger partial charge in [0.25, 0.3) is 0 Å². The second-order valence-electron chi connectivity index (χ2n) is 4.15. The minimum atomic E-state index is 0.118. The number of hydrogen-bond acceptors (Lipinski definition) is 2. The second kappa shape index (κ2) is 5.02. The molecule has 0 aliphatic heterocycles. The molecule has 0 unspecified atom stereocenters. The Balaban J connectivity index is 2.45. The third kappa shape index (κ3) is 2.58. The first-order valence-corrected chi connectivity index (χ1v) is 6.34. The van der Waals surface area contributed by atoms with E-state index in [0.717, 1.165) is 21.7 Å². The van der Waals surface area contributed by atoms with Crippen LogP contribution in [0.15, 0.2) is 22.8 Å². The fourth-order valence-electron chi connectivity index (χ4n) is 1.78. The third-order valence-corrected chi connectivity index (χ3v) is 3.39. The topological polar surface area (TPSA) is 48.9 Å². The summed E-state index contributed by atoms with van der Waals surface area (Å²) >= 11 is 3.41. The van der Waals surface area contributed by atoms with Gasteiger partial charge in [-0.3, -0.25) is 0 Å². The van der Waals surface area contributed by atoms with Crippen molar-refractivity contribution in [1.29, 1.82) is 0 Å². The lowest BCUT2D eigenvalue weighted by molar-refractivity contribution is 0.298. The van der Waals surface area contributed by atoms with E-state index >= 15 is 0 Å². The van der Waals surface area contributed by atoms with Crippen LogP contribution in [0.1, 0.15) is 16.8 Å². The van der Waals surface area contributed by atoms with Crippen molar-refractivity contribution in [2.45, 2.75) is 20.3 Å². The maximum Gasteiger partial charge on any atom is 0.139 e. The molecule has 0 aliphatic rings. The predicted octanol–water partition coefficient (Wildman–Crippen LogP) is 2.99. The average Bonchev–Trinajstić information content (AvgIpc) is 2.64. The number of aromatic amines is 1. The van der Waals surface area contributed by atoms with Crippen LogP contribution in [0.3, 0.4) is 0 Å². The van der Waals surface area contributed by atoms with Crippen LogP contribution in [-0.4, -0.2) is 21.7 Å². The number of aromatic nitrogens is 2. The number of hydrogen-bond donors (Lipinski definition) is 2. The molecule has 0 saturated carbocycles. The fraction of sp³-hybridized carbons (Fsp3) is 0.308. The predicted molar refractivity (Wildman–Crippen MR) is 72.0 cm³/mol. The molecular formula is C13H15BrN2O. The van der Waals surface area contributed by atoms with E-state index < -0.39 is 0 Å². The van der Waals surface area contributed by atoms with Crippen LogP contribution in [0, 0.1) is 13.8 Å². The number of aliphatic hydroxyl groups excluding tert-OH is 1. The van der Waals surface area contributed by atoms with Crippen LogP contribution in [0.5, 0.6) is 0 Å². The molecule has 2 rings (SSSR count). The molecule has 2 N–H and O–H groups in total. The van der Waals surface area contributed by atoms with Gasteiger partial charge in [-0.2, -0.15) is 0 Å². The molecule has 4 heteroatoms. The second-order valence-corrected chi connectivity index (χ2v) is 4.90. The number of benzene rings is 1. The van der Waals surface area contributed by atoms with Gasteiger partial charge in [-0.05, 0) is 41.4 Å². The van der Waals surface area contributed by atoms with E-state index in [4.69, 9.17) is 5.11 Å². The normalized spacial score (nSPS) is 10.8. The maximum atomic E-state index is 8.95. The number of aryl methyl sites for hydroxylation is 2. The minimum Gasteiger partial charge on any atom is -0.396 e. The summed E-state index contributed by atoms with van der Waals surface area (Å²) in [6, 6.07) is 6.29. The van der Waals surface area contributed by atoms with Crippen molar-refractivity contribution >= 4 is 15.9 Å². The van der Waals surface area contributed by atoms with Gasteiger partial charge < -0.3 is 10.1 Å². The van der Waals surface area contributed by atoms with Gasteiger partial charge in [-0.15, -0.1) is 0 Å². The summed E-state index contributed by atoms with van der Waals surface area (Å²) in [6.45, 7) is 4.25. The molecule has 1 aromatic heterocycles. The summed E-state index contributed by atoms with van der Waals surface area (Å²) in [5.41, 5.74) is 4.44. The van der Waals surface area contributed by atoms with E-state index in [0.29, 0.717) is 6.42 Å². The van der Waals surface area contributed by atoms with Gasteiger partial charge in [0.2, 0.25) is 0 Å². The number of imidazole rings is 1. The highest BCUT2D eigenvalue weighted by Gasteiger charge is 2.10. The van der Waals surface area contributed by atoms with Crippen molar-refractivity contribution in [1.82, 2.24) is 9.97 Å². The Morgan fingerprint density at radius 2 is 2.12 bits per heavy atom. The Morgan fingerprint density at radius 3 is 2.82 bits per heavy atom. The van der Waals surface area contributed by atoms with Gasteiger partial charge in [-0.1, -0.05) is 17.7 Å². The molecule has 0 amide bonds. The van der Waals surface area contributed by atoms with Crippen molar-refractivity contribution in [2.24, 2.45) is 0 Å². The standard InChI is InChI=1S/C13H15BrN2O/c1-8-3-4-9(2)10(7-8)13-15-11(5-6-17)12(14)16-13/h3-4,7,17H,5-6H2,1-2H3,(H,15,16). The van der Waals surface area contributed by atoms with Gasteiger partial charge in [-0.25, -0.2) is 4.98 Å². The molecule has 0 bridgehead atoms. The Labute approximate surface area is 109 Å². The summed E-state index contributed by atoms with van der Waals surface area (Å²) < 4.78 is 0.780. The largest absolute Gasteiger partial charge is 0.396 e. The smallest absolute Gasteiger partial charge is 0.139 e. The molecule has 0 aliphatic carbocycles. The molecule has 1 heterocycles. The van der Waals surface area contributed by atoms with Crippen molar-refractivity contribution in [3.63, 3.8) is 0 Å². The summed E-state index contributed by atoms with van der Waals surface area (Å²) in [7, 11) is 0. The minimum absolute atomic E-state index is 0.118. The molecule has 0 radical (unpaired) electrons. The van der Waals surface area contributed by atoms with E-state index in [-0.39, 0.29) is 6.61 Å². The first-order chi connectivity index (χ1) is 8.11. The van der Waals surface area contributed by atoms with Gasteiger partial charge in [0.05, 0.1) is 5.69 Å². The van der Waals surface area contributed by atoms with Crippen molar-refractivity contribution < 1.29 is 5.11 Å². The summed E-state index contributed by atoms with van der Waals surface area (Å²) in [4.78, 5) is 7.70. The molecule has 90 valence electrons. The van der Waals surface area contributed by atoms with E-state index in [2.05, 4.69) is 57.9 Å². The molecule has 0 fully saturated rings. The lowest BCUT2D eigenvalue weighted by Crippen LogP contribution is -1.92. The van der Waals surface area contributed by atoms with E-state index in [1.165, 1.54) is 11.1 Å². The Kier molecular flexibility index (Phi) is 3.64. The fourth-order valence-corrected chi connectivity index (χ4v) is 2.26. The molecule has 0 spiro atoms. The van der Waals surface area contributed by atoms with Crippen molar-refractivity contribution in [3.05, 3.63) is 39.6 Å². The average molecular weight is 295 g/mol. The van der Waals surface area contributed by atoms with Gasteiger partial charge in [0.1, 0.15) is 10.4 Å². The Morgan fingerprint density at radius 1 is 1.35 bits per heavy atom. The van der Waals surface area contributed by atoms with Gasteiger partial charge >= 0.3 is 0 Å². The van der Waals surface area contributed by atoms with Crippen LogP contribution in [0.4, 0.5) is 0 Å². The summed E-state index contributed by atoms with van der Waals surface area (Å²) in [6.07, 6.45) is 0.582. The summed E-state index contributed by atoms with van der Waals surface area (Å²) in [5, 5.41) is 8.95. The lowest BCUT2D eigenvalue weighted by atomic mass is 10.1. The van der Waals surface area contributed by atoms with E-state index in [9.17, 15) is 0 Å². The van der Waals surface area contributed by atoms with Crippen molar-refractivity contribution in [2.75, 3.05) is 6.61 Å². The zero-order valence-electron chi connectivity index (χ0n) is 9.92. The van der Waals surface area contributed by atoms with E-state index in [1.54, 1.807) is 0 Å². The van der Waals surface area contributed by atoms with Crippen LogP contribution in [0.25, 0.3) is 11.4 Å². The molecule has 0 atom stereocenters. The molecule has 3 nitrogen and oxygen atoms in total. The molecule has 2 aromatic rings. The van der Waals surface area contributed by atoms with Crippen LogP contribution in [0.2, 0.25) is 0 Å².